The Bertz CT molecular complexity index is 1790. The fourth-order valence-electron chi connectivity index (χ4n) is 6.31. The molecular weight excluding hydrogens is 578 g/mol. The van der Waals surface area contributed by atoms with Gasteiger partial charge < -0.3 is 24.3 Å². The van der Waals surface area contributed by atoms with Gasteiger partial charge in [-0.15, -0.1) is 0 Å². The summed E-state index contributed by atoms with van der Waals surface area (Å²) in [5.74, 6) is 0.747. The summed E-state index contributed by atoms with van der Waals surface area (Å²) in [5, 5.41) is 3.44. The molecular formula is C39H37NO6. The summed E-state index contributed by atoms with van der Waals surface area (Å²) in [6.07, 6.45) is 0.892. The van der Waals surface area contributed by atoms with Gasteiger partial charge in [0.15, 0.2) is 17.3 Å². The van der Waals surface area contributed by atoms with E-state index in [0.29, 0.717) is 53.5 Å². The predicted octanol–water partition coefficient (Wildman–Crippen LogP) is 7.39. The van der Waals surface area contributed by atoms with Crippen molar-refractivity contribution in [2.24, 2.45) is 0 Å². The molecule has 1 heterocycles. The number of nitrogens with one attached hydrogen (secondary N) is 1. The molecule has 2 aliphatic rings. The van der Waals surface area contributed by atoms with Crippen LogP contribution in [0.25, 0.3) is 0 Å². The lowest BCUT2D eigenvalue weighted by molar-refractivity contribution is -0.140. The Morgan fingerprint density at radius 2 is 1.46 bits per heavy atom. The Kier molecular flexibility index (Phi) is 9.20. The molecule has 1 aliphatic carbocycles. The van der Waals surface area contributed by atoms with Crippen LogP contribution in [0.3, 0.4) is 0 Å². The number of Topliss-reactive ketones (excluding diaryl/α,β-unsaturated/α-hetero) is 1. The molecule has 6 rings (SSSR count). The predicted molar refractivity (Wildman–Crippen MR) is 176 cm³/mol. The lowest BCUT2D eigenvalue weighted by Gasteiger charge is -2.37. The Morgan fingerprint density at radius 1 is 0.761 bits per heavy atom. The quantitative estimate of drug-likeness (QED) is 0.186. The van der Waals surface area contributed by atoms with Gasteiger partial charge in [-0.3, -0.25) is 4.79 Å². The van der Waals surface area contributed by atoms with Crippen molar-refractivity contribution in [2.75, 3.05) is 14.2 Å². The highest BCUT2D eigenvalue weighted by molar-refractivity contribution is 6.04. The van der Waals surface area contributed by atoms with Crippen LogP contribution in [-0.4, -0.2) is 26.0 Å². The number of ether oxygens (including phenoxy) is 4. The maximum atomic E-state index is 14.2. The van der Waals surface area contributed by atoms with Gasteiger partial charge >= 0.3 is 5.97 Å². The van der Waals surface area contributed by atoms with E-state index < -0.39 is 11.9 Å². The molecule has 7 heteroatoms. The lowest BCUT2D eigenvalue weighted by Crippen LogP contribution is -2.36. The summed E-state index contributed by atoms with van der Waals surface area (Å²) in [7, 11) is 3.20. The molecule has 7 nitrogen and oxygen atoms in total. The SMILES string of the molecule is COc1ccc([C@@H]2CC(=O)C3=C(C2)NC(C)=C(C(=O)OCc2ccccc2)[C@@H]3c2cccc(OCc3ccccc3)c2)cc1OC. The van der Waals surface area contributed by atoms with Crippen LogP contribution in [0.15, 0.2) is 126 Å². The monoisotopic (exact) mass is 615 g/mol. The van der Waals surface area contributed by atoms with Crippen molar-refractivity contribution in [2.45, 2.75) is 44.8 Å². The molecule has 234 valence electrons. The molecule has 1 aliphatic heterocycles. The van der Waals surface area contributed by atoms with Gasteiger partial charge in [-0.05, 0) is 65.8 Å². The molecule has 0 saturated carbocycles. The highest BCUT2D eigenvalue weighted by atomic mass is 16.5. The third-order valence-corrected chi connectivity index (χ3v) is 8.58. The fraction of sp³-hybridized carbons (Fsp3) is 0.231. The van der Waals surface area contributed by atoms with Crippen molar-refractivity contribution in [1.82, 2.24) is 5.32 Å². The van der Waals surface area contributed by atoms with Crippen LogP contribution >= 0.6 is 0 Å². The number of carbonyl (C=O) groups excluding carboxylic acids is 2. The van der Waals surface area contributed by atoms with Gasteiger partial charge in [0.05, 0.1) is 19.8 Å². The Labute approximate surface area is 269 Å². The van der Waals surface area contributed by atoms with Crippen molar-refractivity contribution in [3.63, 3.8) is 0 Å². The molecule has 46 heavy (non-hydrogen) atoms. The Balaban J connectivity index is 1.35. The van der Waals surface area contributed by atoms with E-state index in [2.05, 4.69) is 5.32 Å². The third kappa shape index (κ3) is 6.54. The van der Waals surface area contributed by atoms with E-state index in [-0.39, 0.29) is 18.3 Å². The molecule has 0 unspecified atom stereocenters. The standard InChI is InChI=1S/C39H37NO6/c1-25-36(39(42)46-24-27-13-8-5-9-14-27)37(29-15-10-16-31(19-29)45-23-26-11-6-4-7-12-26)38-32(40-25)20-30(21-33(38)41)28-17-18-34(43-2)35(22-28)44-3/h4-19,22,30,37,40H,20-21,23-24H2,1-3H3/t30-,37-/m0/s1. The second-order valence-electron chi connectivity index (χ2n) is 11.5. The topological polar surface area (TPSA) is 83.1 Å². The first-order valence-corrected chi connectivity index (χ1v) is 15.4. The van der Waals surface area contributed by atoms with Crippen molar-refractivity contribution in [1.29, 1.82) is 0 Å². The van der Waals surface area contributed by atoms with E-state index in [9.17, 15) is 9.59 Å². The summed E-state index contributed by atoms with van der Waals surface area (Å²) < 4.78 is 23.0. The molecule has 0 spiro atoms. The van der Waals surface area contributed by atoms with E-state index in [0.717, 1.165) is 28.0 Å². The van der Waals surface area contributed by atoms with Crippen LogP contribution in [0.2, 0.25) is 0 Å². The van der Waals surface area contributed by atoms with Gasteiger partial charge in [0.1, 0.15) is 19.0 Å². The van der Waals surface area contributed by atoms with Gasteiger partial charge in [0, 0.05) is 29.3 Å². The largest absolute Gasteiger partial charge is 0.493 e. The van der Waals surface area contributed by atoms with Crippen LogP contribution in [0.5, 0.6) is 17.2 Å². The molecule has 0 fully saturated rings. The summed E-state index contributed by atoms with van der Waals surface area (Å²) in [5.41, 5.74) is 6.21. The number of allylic oxidation sites excluding steroid dienone is 3. The number of esters is 1. The molecule has 0 aromatic heterocycles. The zero-order chi connectivity index (χ0) is 32.0. The maximum absolute atomic E-state index is 14.2. The molecule has 1 N–H and O–H groups in total. The number of methoxy groups -OCH3 is 2. The highest BCUT2D eigenvalue weighted by Gasteiger charge is 2.41. The number of ketones is 1. The minimum atomic E-state index is -0.612. The molecule has 0 amide bonds. The van der Waals surface area contributed by atoms with Crippen molar-refractivity contribution in [3.8, 4) is 17.2 Å². The van der Waals surface area contributed by atoms with Gasteiger partial charge in [-0.2, -0.15) is 0 Å². The average Bonchev–Trinajstić information content (AvgIpc) is 3.09. The minimum Gasteiger partial charge on any atom is -0.493 e. The van der Waals surface area contributed by atoms with E-state index >= 15 is 0 Å². The molecule has 4 aromatic rings. The number of dihydropyridines is 1. The normalized spacial score (nSPS) is 17.6. The van der Waals surface area contributed by atoms with Crippen LogP contribution < -0.4 is 19.5 Å². The molecule has 0 saturated heterocycles. The van der Waals surface area contributed by atoms with Crippen molar-refractivity contribution < 1.29 is 28.5 Å². The maximum Gasteiger partial charge on any atom is 0.337 e. The van der Waals surface area contributed by atoms with Crippen molar-refractivity contribution in [3.05, 3.63) is 148 Å². The lowest BCUT2D eigenvalue weighted by atomic mass is 9.71. The van der Waals surface area contributed by atoms with Gasteiger partial charge in [0.25, 0.3) is 0 Å². The first kappa shape index (κ1) is 30.7. The number of benzene rings is 4. The average molecular weight is 616 g/mol. The summed E-state index contributed by atoms with van der Waals surface area (Å²) in [6.45, 7) is 2.40. The van der Waals surface area contributed by atoms with Crippen LogP contribution in [0.1, 0.15) is 53.9 Å². The van der Waals surface area contributed by atoms with Gasteiger partial charge in [-0.25, -0.2) is 4.79 Å². The highest BCUT2D eigenvalue weighted by Crippen LogP contribution is 2.47. The van der Waals surface area contributed by atoms with Gasteiger partial charge in [0.2, 0.25) is 0 Å². The fourth-order valence-corrected chi connectivity index (χ4v) is 6.31. The van der Waals surface area contributed by atoms with Crippen LogP contribution in [-0.2, 0) is 27.5 Å². The summed E-state index contributed by atoms with van der Waals surface area (Å²) in [4.78, 5) is 28.0. The second-order valence-corrected chi connectivity index (χ2v) is 11.5. The third-order valence-electron chi connectivity index (χ3n) is 8.58. The van der Waals surface area contributed by atoms with Crippen LogP contribution in [0.4, 0.5) is 0 Å². The zero-order valence-corrected chi connectivity index (χ0v) is 26.2. The second kappa shape index (κ2) is 13.8. The van der Waals surface area contributed by atoms with Crippen LogP contribution in [0, 0.1) is 0 Å². The van der Waals surface area contributed by atoms with E-state index in [1.807, 2.05) is 110 Å². The van der Waals surface area contributed by atoms with E-state index in [1.165, 1.54) is 0 Å². The number of hydrogen-bond donors (Lipinski definition) is 1. The number of carbonyl (C=O) groups is 2. The van der Waals surface area contributed by atoms with Gasteiger partial charge in [-0.1, -0.05) is 78.9 Å². The smallest absolute Gasteiger partial charge is 0.337 e. The van der Waals surface area contributed by atoms with E-state index in [4.69, 9.17) is 18.9 Å². The first-order chi connectivity index (χ1) is 22.4. The molecule has 0 bridgehead atoms. The molecule has 0 radical (unpaired) electrons. The Hall–Kier alpha value is -5.30. The minimum absolute atomic E-state index is 0.0185. The molecule has 4 aromatic carbocycles. The zero-order valence-electron chi connectivity index (χ0n) is 26.2. The first-order valence-electron chi connectivity index (χ1n) is 15.4. The van der Waals surface area contributed by atoms with Crippen molar-refractivity contribution >= 4 is 11.8 Å². The molecule has 2 atom stereocenters. The Morgan fingerprint density at radius 3 is 2.15 bits per heavy atom. The summed E-state index contributed by atoms with van der Waals surface area (Å²) >= 11 is 0. The summed E-state index contributed by atoms with van der Waals surface area (Å²) in [6, 6.07) is 33.0. The number of rotatable bonds is 10. The number of hydrogen-bond acceptors (Lipinski definition) is 7. The van der Waals surface area contributed by atoms with E-state index in [1.54, 1.807) is 14.2 Å².